The number of anilines is 1. The maximum absolute atomic E-state index is 13.7. The Morgan fingerprint density at radius 3 is 2.70 bits per heavy atom. The molecule has 0 saturated carbocycles. The van der Waals surface area contributed by atoms with E-state index in [0.29, 0.717) is 40.6 Å². The summed E-state index contributed by atoms with van der Waals surface area (Å²) in [5.41, 5.74) is 4.46. The first kappa shape index (κ1) is 27.1. The predicted octanol–water partition coefficient (Wildman–Crippen LogP) is 3.77. The number of rotatable bonds is 7. The second kappa shape index (κ2) is 11.7. The molecule has 0 aliphatic heterocycles. The van der Waals surface area contributed by atoms with Crippen molar-refractivity contribution >= 4 is 28.6 Å². The number of hydrogen-bond acceptors (Lipinski definition) is 6. The normalized spacial score (nSPS) is 11.8. The third-order valence-electron chi connectivity index (χ3n) is 6.10. The van der Waals surface area contributed by atoms with Gasteiger partial charge in [0.1, 0.15) is 29.3 Å². The molecule has 40 heavy (non-hydrogen) atoms. The Kier molecular flexibility index (Phi) is 7.93. The molecule has 0 bridgehead atoms. The maximum Gasteiger partial charge on any atom is 0.276 e. The van der Waals surface area contributed by atoms with Crippen molar-refractivity contribution in [1.82, 2.24) is 28.5 Å². The van der Waals surface area contributed by atoms with E-state index in [4.69, 9.17) is 0 Å². The molecule has 2 aromatic carbocycles. The highest BCUT2D eigenvalue weighted by atomic mass is 32.2. The Morgan fingerprint density at radius 2 is 1.93 bits per heavy atom. The highest BCUT2D eigenvalue weighted by molar-refractivity contribution is 7.90. The van der Waals surface area contributed by atoms with Crippen LogP contribution in [0.5, 0.6) is 0 Å². The zero-order valence-electron chi connectivity index (χ0n) is 22.1. The van der Waals surface area contributed by atoms with Crippen molar-refractivity contribution in [2.24, 2.45) is 0 Å². The molecule has 202 valence electrons. The van der Waals surface area contributed by atoms with Gasteiger partial charge in [0.25, 0.3) is 5.91 Å². The van der Waals surface area contributed by atoms with Crippen LogP contribution in [0.25, 0.3) is 16.9 Å². The quantitative estimate of drug-likeness (QED) is 0.242. The molecule has 0 saturated heterocycles. The summed E-state index contributed by atoms with van der Waals surface area (Å²) in [6.45, 7) is 2.51. The molecule has 0 spiro atoms. The molecule has 0 fully saturated rings. The Balaban J connectivity index is 1.44. The second-order valence-electron chi connectivity index (χ2n) is 9.27. The number of fused-ring (bicyclic) bond motifs is 1. The number of halogens is 1. The number of carbonyl (C=O) groups excluding carboxylic acids is 1. The third-order valence-corrected chi connectivity index (χ3v) is 7.35. The van der Waals surface area contributed by atoms with Crippen molar-refractivity contribution in [3.63, 3.8) is 0 Å². The Labute approximate surface area is 234 Å². The lowest BCUT2D eigenvalue weighted by molar-refractivity contribution is 0.102. The van der Waals surface area contributed by atoms with Gasteiger partial charge in [-0.3, -0.25) is 4.79 Å². The van der Waals surface area contributed by atoms with Crippen molar-refractivity contribution in [2.45, 2.75) is 6.92 Å². The van der Waals surface area contributed by atoms with Crippen LogP contribution in [0.1, 0.15) is 27.3 Å². The van der Waals surface area contributed by atoms with Gasteiger partial charge in [0, 0.05) is 29.6 Å². The van der Waals surface area contributed by atoms with Crippen LogP contribution in [0.4, 0.5) is 10.1 Å². The highest BCUT2D eigenvalue weighted by Crippen LogP contribution is 2.27. The van der Waals surface area contributed by atoms with E-state index in [0.717, 1.165) is 11.1 Å². The molecule has 1 amide bonds. The number of benzene rings is 2. The minimum atomic E-state index is -1.49. The van der Waals surface area contributed by atoms with E-state index in [2.05, 4.69) is 32.2 Å². The molecule has 1 atom stereocenters. The molecule has 5 aromatic rings. The van der Waals surface area contributed by atoms with E-state index >= 15 is 0 Å². The van der Waals surface area contributed by atoms with Crippen LogP contribution in [-0.2, 0) is 11.4 Å². The molecule has 11 heteroatoms. The minimum absolute atomic E-state index is 0.0785. The second-order valence-corrected chi connectivity index (χ2v) is 10.7. The van der Waals surface area contributed by atoms with E-state index in [9.17, 15) is 13.7 Å². The van der Waals surface area contributed by atoms with Gasteiger partial charge in [0.05, 0.1) is 17.6 Å². The lowest BCUT2D eigenvalue weighted by atomic mass is 10.1. The van der Waals surface area contributed by atoms with Crippen LogP contribution >= 0.6 is 0 Å². The maximum atomic E-state index is 13.7. The number of amides is 1. The Morgan fingerprint density at radius 1 is 1.12 bits per heavy atom. The van der Waals surface area contributed by atoms with Gasteiger partial charge in [-0.15, -0.1) is 0 Å². The number of nitrogens with zero attached hydrogens (tertiary/aromatic N) is 6. The largest absolute Gasteiger partial charge is 0.593 e. The molecule has 5 rings (SSSR count). The number of nitrogens with one attached hydrogen (secondary N) is 1. The summed E-state index contributed by atoms with van der Waals surface area (Å²) < 4.78 is 29.9. The van der Waals surface area contributed by atoms with Gasteiger partial charge in [-0.25, -0.2) is 18.9 Å². The van der Waals surface area contributed by atoms with Crippen LogP contribution in [0, 0.1) is 24.6 Å². The molecular weight excluding hydrogens is 529 g/mol. The molecule has 1 unspecified atom stereocenters. The van der Waals surface area contributed by atoms with Crippen molar-refractivity contribution in [1.29, 1.82) is 0 Å². The van der Waals surface area contributed by atoms with E-state index in [1.165, 1.54) is 34.6 Å². The van der Waals surface area contributed by atoms with Gasteiger partial charge in [0.15, 0.2) is 11.3 Å². The average molecular weight is 556 g/mol. The number of hydrogen-bond donors (Lipinski definition) is 1. The van der Waals surface area contributed by atoms with Gasteiger partial charge in [0.2, 0.25) is 0 Å². The van der Waals surface area contributed by atoms with Crippen LogP contribution in [0.2, 0.25) is 0 Å². The highest BCUT2D eigenvalue weighted by Gasteiger charge is 2.26. The first-order valence-corrected chi connectivity index (χ1v) is 13.7. The zero-order chi connectivity index (χ0) is 28.2. The summed E-state index contributed by atoms with van der Waals surface area (Å²) in [6.07, 6.45) is 4.71. The summed E-state index contributed by atoms with van der Waals surface area (Å²) in [6, 6.07) is 14.7. The van der Waals surface area contributed by atoms with E-state index in [-0.39, 0.29) is 5.69 Å². The fraction of sp³-hybridized carbons (Fsp3) is 0.172. The van der Waals surface area contributed by atoms with E-state index in [1.54, 1.807) is 29.0 Å². The first-order valence-electron chi connectivity index (χ1n) is 12.4. The summed E-state index contributed by atoms with van der Waals surface area (Å²) in [7, 11) is 3.78. The van der Waals surface area contributed by atoms with Crippen molar-refractivity contribution in [3.8, 4) is 23.1 Å². The minimum Gasteiger partial charge on any atom is -0.593 e. The lowest BCUT2D eigenvalue weighted by Gasteiger charge is -2.16. The van der Waals surface area contributed by atoms with Crippen LogP contribution in [0.15, 0.2) is 73.3 Å². The van der Waals surface area contributed by atoms with Crippen molar-refractivity contribution < 1.29 is 13.7 Å². The topological polar surface area (TPSA) is 103 Å². The number of carbonyl (C=O) groups is 1. The van der Waals surface area contributed by atoms with Crippen molar-refractivity contribution in [3.05, 3.63) is 102 Å². The van der Waals surface area contributed by atoms with E-state index < -0.39 is 23.1 Å². The van der Waals surface area contributed by atoms with Gasteiger partial charge in [-0.1, -0.05) is 12.0 Å². The van der Waals surface area contributed by atoms with Gasteiger partial charge < -0.3 is 14.8 Å². The Bertz CT molecular complexity index is 1730. The predicted molar refractivity (Wildman–Crippen MR) is 153 cm³/mol. The summed E-state index contributed by atoms with van der Waals surface area (Å²) in [4.78, 5) is 24.0. The monoisotopic (exact) mass is 555 g/mol. The molecule has 3 aromatic heterocycles. The number of aryl methyl sites for hydroxylation is 1. The number of imidazole rings is 2. The molecular formula is C29H26FN7O2S. The van der Waals surface area contributed by atoms with Crippen LogP contribution in [0.3, 0.4) is 0 Å². The molecule has 3 heterocycles. The fourth-order valence-corrected chi connectivity index (χ4v) is 5.22. The first-order chi connectivity index (χ1) is 19.3. The lowest BCUT2D eigenvalue weighted by Crippen LogP contribution is -2.26. The van der Waals surface area contributed by atoms with Gasteiger partial charge >= 0.3 is 0 Å². The smallest absolute Gasteiger partial charge is 0.276 e. The molecule has 0 aliphatic carbocycles. The zero-order valence-corrected chi connectivity index (χ0v) is 22.9. The molecule has 0 radical (unpaired) electrons. The third kappa shape index (κ3) is 5.89. The average Bonchev–Trinajstić information content (AvgIpc) is 3.57. The fourth-order valence-electron chi connectivity index (χ4n) is 3.96. The van der Waals surface area contributed by atoms with Gasteiger partial charge in [-0.2, -0.15) is 9.07 Å². The van der Waals surface area contributed by atoms with Crippen LogP contribution in [-0.4, -0.2) is 65.3 Å². The summed E-state index contributed by atoms with van der Waals surface area (Å²) in [5.74, 6) is 5.67. The Hall–Kier alpha value is -4.50. The number of aromatic nitrogens is 5. The van der Waals surface area contributed by atoms with E-state index in [1.807, 2.05) is 44.1 Å². The van der Waals surface area contributed by atoms with Gasteiger partial charge in [-0.05, 0) is 81.0 Å². The molecule has 9 nitrogen and oxygen atoms in total. The standard InChI is InChI=1S/C29H26FN7O2S/c1-20-6-12-24(17-22(20)9-13-25-18-31-26-5-4-14-33-37(25)26)34-29(38)27-28(21-7-10-23(30)11-8-21)36(19-32-27)40(39)16-15-35(2)3/h4-8,10-12,14,17-19H,15-16H2,1-3H3,(H,34,38). The molecule has 0 aliphatic rings. The van der Waals surface area contributed by atoms with Crippen LogP contribution < -0.4 is 5.32 Å². The summed E-state index contributed by atoms with van der Waals surface area (Å²) in [5, 5.41) is 7.16. The SMILES string of the molecule is Cc1ccc(NC(=O)c2ncn([S+]([O-])CCN(C)C)c2-c2ccc(F)cc2)cc1C#Cc1cnc2cccnn12. The van der Waals surface area contributed by atoms with Crippen molar-refractivity contribution in [2.75, 3.05) is 31.7 Å². The summed E-state index contributed by atoms with van der Waals surface area (Å²) >= 11 is -1.49. The molecule has 1 N–H and O–H groups in total.